The molecule has 0 aliphatic rings. The van der Waals surface area contributed by atoms with E-state index in [0.717, 1.165) is 28.0 Å². The summed E-state index contributed by atoms with van der Waals surface area (Å²) >= 11 is 3.51. The number of hydrogen-bond donors (Lipinski definition) is 1. The molecular formula is C18H18BrNO. The minimum absolute atomic E-state index is 0.273. The van der Waals surface area contributed by atoms with Gasteiger partial charge in [-0.25, -0.2) is 0 Å². The molecule has 3 heteroatoms. The van der Waals surface area contributed by atoms with Crippen molar-refractivity contribution in [2.24, 2.45) is 0 Å². The van der Waals surface area contributed by atoms with Gasteiger partial charge in [0.2, 0.25) is 0 Å². The molecule has 0 fully saturated rings. The van der Waals surface area contributed by atoms with Crippen LogP contribution in [0, 0.1) is 0 Å². The Bertz CT molecular complexity index is 759. The molecule has 2 nitrogen and oxygen atoms in total. The second-order valence-electron chi connectivity index (χ2n) is 5.16. The molecule has 1 aromatic heterocycles. The molecular weight excluding hydrogens is 326 g/mol. The summed E-state index contributed by atoms with van der Waals surface area (Å²) in [6.45, 7) is 2.15. The zero-order valence-corrected chi connectivity index (χ0v) is 13.8. The first kappa shape index (κ1) is 14.4. The Balaban J connectivity index is 1.98. The maximum atomic E-state index is 6.01. The quantitative estimate of drug-likeness (QED) is 0.673. The minimum Gasteiger partial charge on any atom is -0.459 e. The van der Waals surface area contributed by atoms with Gasteiger partial charge in [0.1, 0.15) is 11.5 Å². The van der Waals surface area contributed by atoms with Crippen LogP contribution in [0.4, 0.5) is 0 Å². The van der Waals surface area contributed by atoms with E-state index in [-0.39, 0.29) is 6.04 Å². The molecule has 3 rings (SSSR count). The average molecular weight is 344 g/mol. The van der Waals surface area contributed by atoms with E-state index >= 15 is 0 Å². The fraction of sp³-hybridized carbons (Fsp3) is 0.222. The third-order valence-electron chi connectivity index (χ3n) is 3.81. The lowest BCUT2D eigenvalue weighted by atomic mass is 10.1. The van der Waals surface area contributed by atoms with Crippen molar-refractivity contribution in [1.29, 1.82) is 0 Å². The number of nitrogens with one attached hydrogen (secondary N) is 1. The van der Waals surface area contributed by atoms with Crippen molar-refractivity contribution >= 4 is 26.7 Å². The van der Waals surface area contributed by atoms with Crippen molar-refractivity contribution in [1.82, 2.24) is 5.32 Å². The van der Waals surface area contributed by atoms with Crippen LogP contribution in [0.25, 0.3) is 22.1 Å². The van der Waals surface area contributed by atoms with E-state index in [2.05, 4.69) is 76.7 Å². The van der Waals surface area contributed by atoms with Crippen LogP contribution in [-0.4, -0.2) is 7.05 Å². The first-order chi connectivity index (χ1) is 10.2. The van der Waals surface area contributed by atoms with Crippen LogP contribution in [0.15, 0.2) is 57.4 Å². The Kier molecular flexibility index (Phi) is 4.13. The summed E-state index contributed by atoms with van der Waals surface area (Å²) in [6.07, 6.45) is 1.01. The third-order valence-corrected chi connectivity index (χ3v) is 4.31. The Labute approximate surface area is 133 Å². The Hall–Kier alpha value is -1.58. The van der Waals surface area contributed by atoms with Gasteiger partial charge in [0.05, 0.1) is 6.04 Å². The lowest BCUT2D eigenvalue weighted by molar-refractivity contribution is 0.431. The van der Waals surface area contributed by atoms with Crippen LogP contribution in [0.5, 0.6) is 0 Å². The molecule has 1 N–H and O–H groups in total. The monoisotopic (exact) mass is 343 g/mol. The van der Waals surface area contributed by atoms with E-state index in [1.165, 1.54) is 10.8 Å². The van der Waals surface area contributed by atoms with Gasteiger partial charge >= 0.3 is 0 Å². The van der Waals surface area contributed by atoms with Gasteiger partial charge in [-0.05, 0) is 54.6 Å². The van der Waals surface area contributed by atoms with Crippen molar-refractivity contribution in [2.75, 3.05) is 7.05 Å². The van der Waals surface area contributed by atoms with Crippen LogP contribution in [-0.2, 0) is 0 Å². The van der Waals surface area contributed by atoms with E-state index in [0.29, 0.717) is 0 Å². The van der Waals surface area contributed by atoms with Crippen molar-refractivity contribution in [3.8, 4) is 11.3 Å². The normalized spacial score (nSPS) is 12.7. The number of rotatable bonds is 4. The highest BCUT2D eigenvalue weighted by Gasteiger charge is 2.12. The number of benzene rings is 2. The van der Waals surface area contributed by atoms with Crippen LogP contribution in [0.1, 0.15) is 25.1 Å². The van der Waals surface area contributed by atoms with Gasteiger partial charge in [0, 0.05) is 10.0 Å². The predicted molar refractivity (Wildman–Crippen MR) is 91.4 cm³/mol. The van der Waals surface area contributed by atoms with Gasteiger partial charge in [0.15, 0.2) is 0 Å². The Morgan fingerprint density at radius 2 is 1.81 bits per heavy atom. The topological polar surface area (TPSA) is 25.2 Å². The van der Waals surface area contributed by atoms with E-state index in [4.69, 9.17) is 4.42 Å². The van der Waals surface area contributed by atoms with Gasteiger partial charge < -0.3 is 9.73 Å². The predicted octanol–water partition coefficient (Wildman–Crippen LogP) is 5.53. The molecule has 0 saturated carbocycles. The molecule has 0 bridgehead atoms. The maximum Gasteiger partial charge on any atom is 0.134 e. The van der Waals surface area contributed by atoms with Crippen molar-refractivity contribution < 1.29 is 4.42 Å². The van der Waals surface area contributed by atoms with Crippen LogP contribution in [0.2, 0.25) is 0 Å². The second kappa shape index (κ2) is 6.04. The van der Waals surface area contributed by atoms with Crippen LogP contribution >= 0.6 is 15.9 Å². The molecule has 0 aliphatic heterocycles. The van der Waals surface area contributed by atoms with E-state index in [1.807, 2.05) is 7.05 Å². The maximum absolute atomic E-state index is 6.01. The molecule has 21 heavy (non-hydrogen) atoms. The zero-order valence-electron chi connectivity index (χ0n) is 12.2. The lowest BCUT2D eigenvalue weighted by Gasteiger charge is -2.10. The molecule has 108 valence electrons. The summed E-state index contributed by atoms with van der Waals surface area (Å²) in [5.41, 5.74) is 1.11. The first-order valence-corrected chi connectivity index (χ1v) is 7.97. The molecule has 0 amide bonds. The van der Waals surface area contributed by atoms with Gasteiger partial charge in [-0.1, -0.05) is 41.1 Å². The third kappa shape index (κ3) is 2.89. The van der Waals surface area contributed by atoms with Crippen molar-refractivity contribution in [3.05, 3.63) is 58.8 Å². The zero-order chi connectivity index (χ0) is 14.8. The van der Waals surface area contributed by atoms with Crippen LogP contribution in [0.3, 0.4) is 0 Å². The summed E-state index contributed by atoms with van der Waals surface area (Å²) in [4.78, 5) is 0. The highest BCUT2D eigenvalue weighted by molar-refractivity contribution is 9.10. The Morgan fingerprint density at radius 1 is 1.05 bits per heavy atom. The fourth-order valence-electron chi connectivity index (χ4n) is 2.61. The summed E-state index contributed by atoms with van der Waals surface area (Å²) in [5, 5.41) is 5.71. The SMILES string of the molecule is CCC(NC)c1ccc(-c2ccc3cc(Br)ccc3c2)o1. The second-order valence-corrected chi connectivity index (χ2v) is 6.07. The van der Waals surface area contributed by atoms with E-state index in [9.17, 15) is 0 Å². The average Bonchev–Trinajstić information content (AvgIpc) is 2.98. The molecule has 1 unspecified atom stereocenters. The fourth-order valence-corrected chi connectivity index (χ4v) is 2.99. The van der Waals surface area contributed by atoms with Gasteiger partial charge in [0.25, 0.3) is 0 Å². The molecule has 0 spiro atoms. The minimum atomic E-state index is 0.273. The largest absolute Gasteiger partial charge is 0.459 e. The summed E-state index contributed by atoms with van der Waals surface area (Å²) in [5.74, 6) is 1.91. The summed E-state index contributed by atoms with van der Waals surface area (Å²) < 4.78 is 7.11. The van der Waals surface area contributed by atoms with Gasteiger partial charge in [-0.15, -0.1) is 0 Å². The van der Waals surface area contributed by atoms with Gasteiger partial charge in [-0.2, -0.15) is 0 Å². The summed E-state index contributed by atoms with van der Waals surface area (Å²) in [7, 11) is 1.96. The molecule has 1 atom stereocenters. The molecule has 0 aliphatic carbocycles. The highest BCUT2D eigenvalue weighted by Crippen LogP contribution is 2.29. The van der Waals surface area contributed by atoms with Crippen molar-refractivity contribution in [2.45, 2.75) is 19.4 Å². The van der Waals surface area contributed by atoms with Gasteiger partial charge in [-0.3, -0.25) is 0 Å². The lowest BCUT2D eigenvalue weighted by Crippen LogP contribution is -2.14. The van der Waals surface area contributed by atoms with E-state index in [1.54, 1.807) is 0 Å². The smallest absolute Gasteiger partial charge is 0.134 e. The number of halogens is 1. The van der Waals surface area contributed by atoms with E-state index < -0.39 is 0 Å². The molecule has 2 aromatic carbocycles. The number of fused-ring (bicyclic) bond motifs is 1. The molecule has 3 aromatic rings. The van der Waals surface area contributed by atoms with Crippen molar-refractivity contribution in [3.63, 3.8) is 0 Å². The number of hydrogen-bond acceptors (Lipinski definition) is 2. The summed E-state index contributed by atoms with van der Waals surface area (Å²) in [6, 6.07) is 17.1. The molecule has 1 heterocycles. The highest BCUT2D eigenvalue weighted by atomic mass is 79.9. The standard InChI is InChI=1S/C18H18BrNO/c1-3-16(20-2)18-9-8-17(21-18)14-5-4-13-11-15(19)7-6-12(13)10-14/h4-11,16,20H,3H2,1-2H3. The number of furan rings is 1. The molecule has 0 radical (unpaired) electrons. The van der Waals surface area contributed by atoms with Crippen LogP contribution < -0.4 is 5.32 Å². The Morgan fingerprint density at radius 3 is 2.57 bits per heavy atom. The molecule has 0 saturated heterocycles. The first-order valence-electron chi connectivity index (χ1n) is 7.18.